The standard InChI is InChI=1S/C14H20O2/c15-13-6-8-14(9-7-13)16-11-10-12-4-2-1-3-5-12/h6-9,12,15H,1-5,10-11H2. The summed E-state index contributed by atoms with van der Waals surface area (Å²) in [6.07, 6.45) is 8.11. The van der Waals surface area contributed by atoms with Gasteiger partial charge in [0, 0.05) is 0 Å². The zero-order valence-corrected chi connectivity index (χ0v) is 9.69. The predicted molar refractivity (Wildman–Crippen MR) is 64.8 cm³/mol. The first-order valence-corrected chi connectivity index (χ1v) is 6.26. The molecule has 1 N–H and O–H groups in total. The van der Waals surface area contributed by atoms with Crippen molar-refractivity contribution < 1.29 is 9.84 Å². The molecule has 2 heteroatoms. The highest BCUT2D eigenvalue weighted by molar-refractivity contribution is 5.29. The fourth-order valence-corrected chi connectivity index (χ4v) is 2.36. The van der Waals surface area contributed by atoms with Crippen LogP contribution in [-0.4, -0.2) is 11.7 Å². The van der Waals surface area contributed by atoms with E-state index >= 15 is 0 Å². The van der Waals surface area contributed by atoms with Crippen molar-refractivity contribution in [3.05, 3.63) is 24.3 Å². The van der Waals surface area contributed by atoms with E-state index in [2.05, 4.69) is 0 Å². The zero-order valence-electron chi connectivity index (χ0n) is 9.69. The second-order valence-corrected chi connectivity index (χ2v) is 4.64. The maximum Gasteiger partial charge on any atom is 0.119 e. The number of rotatable bonds is 4. The van der Waals surface area contributed by atoms with E-state index in [4.69, 9.17) is 9.84 Å². The summed E-state index contributed by atoms with van der Waals surface area (Å²) in [6, 6.07) is 6.96. The second kappa shape index (κ2) is 5.78. The number of benzene rings is 1. The molecular weight excluding hydrogens is 200 g/mol. The first-order chi connectivity index (χ1) is 7.84. The van der Waals surface area contributed by atoms with E-state index in [0.717, 1.165) is 18.3 Å². The molecule has 88 valence electrons. The lowest BCUT2D eigenvalue weighted by molar-refractivity contribution is 0.246. The molecule has 1 saturated carbocycles. The minimum absolute atomic E-state index is 0.291. The van der Waals surface area contributed by atoms with Gasteiger partial charge in [-0.05, 0) is 36.6 Å². The molecule has 0 heterocycles. The number of aromatic hydroxyl groups is 1. The normalized spacial score (nSPS) is 17.2. The Labute approximate surface area is 97.3 Å². The Morgan fingerprint density at radius 1 is 1.06 bits per heavy atom. The summed E-state index contributed by atoms with van der Waals surface area (Å²) in [5.41, 5.74) is 0. The number of hydrogen-bond donors (Lipinski definition) is 1. The average molecular weight is 220 g/mol. The minimum Gasteiger partial charge on any atom is -0.508 e. The molecule has 16 heavy (non-hydrogen) atoms. The van der Waals surface area contributed by atoms with E-state index in [1.165, 1.54) is 38.5 Å². The molecule has 2 rings (SSSR count). The molecule has 1 aromatic carbocycles. The third kappa shape index (κ3) is 3.44. The Morgan fingerprint density at radius 3 is 2.44 bits per heavy atom. The molecule has 0 saturated heterocycles. The van der Waals surface area contributed by atoms with Crippen molar-refractivity contribution in [3.8, 4) is 11.5 Å². The predicted octanol–water partition coefficient (Wildman–Crippen LogP) is 3.74. The molecular formula is C14H20O2. The Morgan fingerprint density at radius 2 is 1.75 bits per heavy atom. The van der Waals surface area contributed by atoms with E-state index < -0.39 is 0 Å². The third-order valence-electron chi connectivity index (χ3n) is 3.36. The Bertz CT molecular complexity index is 299. The summed E-state index contributed by atoms with van der Waals surface area (Å²) in [6.45, 7) is 0.801. The van der Waals surface area contributed by atoms with Crippen LogP contribution in [0, 0.1) is 5.92 Å². The van der Waals surface area contributed by atoms with Gasteiger partial charge >= 0.3 is 0 Å². The molecule has 1 aliphatic rings. The van der Waals surface area contributed by atoms with Crippen LogP contribution < -0.4 is 4.74 Å². The van der Waals surface area contributed by atoms with Gasteiger partial charge in [-0.1, -0.05) is 32.1 Å². The van der Waals surface area contributed by atoms with Crippen molar-refractivity contribution in [1.82, 2.24) is 0 Å². The largest absolute Gasteiger partial charge is 0.508 e. The Hall–Kier alpha value is -1.18. The minimum atomic E-state index is 0.291. The van der Waals surface area contributed by atoms with Crippen LogP contribution in [0.1, 0.15) is 38.5 Å². The van der Waals surface area contributed by atoms with E-state index in [9.17, 15) is 0 Å². The highest BCUT2D eigenvalue weighted by Gasteiger charge is 2.12. The van der Waals surface area contributed by atoms with Gasteiger partial charge < -0.3 is 9.84 Å². The lowest BCUT2D eigenvalue weighted by atomic mass is 9.87. The van der Waals surface area contributed by atoms with Crippen LogP contribution in [-0.2, 0) is 0 Å². The van der Waals surface area contributed by atoms with Crippen molar-refractivity contribution >= 4 is 0 Å². The zero-order chi connectivity index (χ0) is 11.2. The highest BCUT2D eigenvalue weighted by Crippen LogP contribution is 2.26. The molecule has 0 bridgehead atoms. The quantitative estimate of drug-likeness (QED) is 0.837. The molecule has 0 aliphatic heterocycles. The van der Waals surface area contributed by atoms with Gasteiger partial charge in [0.05, 0.1) is 6.61 Å². The molecule has 0 radical (unpaired) electrons. The van der Waals surface area contributed by atoms with E-state index in [-0.39, 0.29) is 0 Å². The molecule has 1 fully saturated rings. The summed E-state index contributed by atoms with van der Waals surface area (Å²) in [4.78, 5) is 0. The van der Waals surface area contributed by atoms with Gasteiger partial charge in [-0.15, -0.1) is 0 Å². The van der Waals surface area contributed by atoms with E-state index in [1.807, 2.05) is 12.1 Å². The van der Waals surface area contributed by atoms with Crippen molar-refractivity contribution in [2.24, 2.45) is 5.92 Å². The highest BCUT2D eigenvalue weighted by atomic mass is 16.5. The number of hydrogen-bond acceptors (Lipinski definition) is 2. The average Bonchev–Trinajstić information content (AvgIpc) is 2.33. The van der Waals surface area contributed by atoms with Gasteiger partial charge in [0.2, 0.25) is 0 Å². The summed E-state index contributed by atoms with van der Waals surface area (Å²) in [5, 5.41) is 9.13. The lowest BCUT2D eigenvalue weighted by Gasteiger charge is -2.21. The van der Waals surface area contributed by atoms with Gasteiger partial charge in [0.15, 0.2) is 0 Å². The van der Waals surface area contributed by atoms with Gasteiger partial charge in [-0.25, -0.2) is 0 Å². The van der Waals surface area contributed by atoms with Crippen molar-refractivity contribution in [2.45, 2.75) is 38.5 Å². The van der Waals surface area contributed by atoms with Gasteiger partial charge in [-0.2, -0.15) is 0 Å². The molecule has 2 nitrogen and oxygen atoms in total. The van der Waals surface area contributed by atoms with Crippen LogP contribution in [0.15, 0.2) is 24.3 Å². The van der Waals surface area contributed by atoms with Crippen LogP contribution in [0.2, 0.25) is 0 Å². The summed E-state index contributed by atoms with van der Waals surface area (Å²) in [7, 11) is 0. The lowest BCUT2D eigenvalue weighted by Crippen LogP contribution is -2.10. The van der Waals surface area contributed by atoms with E-state index in [1.54, 1.807) is 12.1 Å². The molecule has 0 amide bonds. The first kappa shape index (κ1) is 11.3. The summed E-state index contributed by atoms with van der Waals surface area (Å²) >= 11 is 0. The monoisotopic (exact) mass is 220 g/mol. The van der Waals surface area contributed by atoms with Crippen molar-refractivity contribution in [2.75, 3.05) is 6.61 Å². The van der Waals surface area contributed by atoms with Crippen LogP contribution in [0.5, 0.6) is 11.5 Å². The molecule has 1 aliphatic carbocycles. The van der Waals surface area contributed by atoms with Gasteiger partial charge in [0.25, 0.3) is 0 Å². The molecule has 0 spiro atoms. The maximum atomic E-state index is 9.13. The summed E-state index contributed by atoms with van der Waals surface area (Å²) in [5.74, 6) is 2.01. The van der Waals surface area contributed by atoms with Crippen LogP contribution in [0.25, 0.3) is 0 Å². The second-order valence-electron chi connectivity index (χ2n) is 4.64. The topological polar surface area (TPSA) is 29.5 Å². The Kier molecular flexibility index (Phi) is 4.09. The fourth-order valence-electron chi connectivity index (χ4n) is 2.36. The molecule has 1 aromatic rings. The van der Waals surface area contributed by atoms with Crippen LogP contribution >= 0.6 is 0 Å². The van der Waals surface area contributed by atoms with Crippen molar-refractivity contribution in [1.29, 1.82) is 0 Å². The van der Waals surface area contributed by atoms with Crippen LogP contribution in [0.4, 0.5) is 0 Å². The SMILES string of the molecule is Oc1ccc(OCCC2CCCCC2)cc1. The van der Waals surface area contributed by atoms with Crippen LogP contribution in [0.3, 0.4) is 0 Å². The molecule has 0 aromatic heterocycles. The van der Waals surface area contributed by atoms with Gasteiger partial charge in [-0.3, -0.25) is 0 Å². The number of phenols is 1. The van der Waals surface area contributed by atoms with E-state index in [0.29, 0.717) is 5.75 Å². The molecule has 0 unspecified atom stereocenters. The Balaban J connectivity index is 1.69. The number of phenolic OH excluding ortho intramolecular Hbond substituents is 1. The molecule has 0 atom stereocenters. The third-order valence-corrected chi connectivity index (χ3v) is 3.36. The van der Waals surface area contributed by atoms with Gasteiger partial charge in [0.1, 0.15) is 11.5 Å². The maximum absolute atomic E-state index is 9.13. The van der Waals surface area contributed by atoms with Crippen molar-refractivity contribution in [3.63, 3.8) is 0 Å². The first-order valence-electron chi connectivity index (χ1n) is 6.26. The summed E-state index contributed by atoms with van der Waals surface area (Å²) < 4.78 is 5.65. The smallest absolute Gasteiger partial charge is 0.119 e. The number of ether oxygens (including phenoxy) is 1. The fraction of sp³-hybridized carbons (Fsp3) is 0.571.